The van der Waals surface area contributed by atoms with Crippen LogP contribution in [0, 0.1) is 10.1 Å². The van der Waals surface area contributed by atoms with Gasteiger partial charge in [-0.3, -0.25) is 19.8 Å². The number of non-ortho nitro benzene ring substituents is 1. The van der Waals surface area contributed by atoms with Crippen molar-refractivity contribution >= 4 is 46.0 Å². The average molecular weight is 538 g/mol. The molecule has 1 aliphatic heterocycles. The van der Waals surface area contributed by atoms with Crippen LogP contribution in [0.1, 0.15) is 11.1 Å². The Labute approximate surface area is 229 Å². The number of amides is 1. The Morgan fingerprint density at radius 3 is 2.28 bits per heavy atom. The van der Waals surface area contributed by atoms with Crippen LogP contribution in [0.3, 0.4) is 0 Å². The minimum absolute atomic E-state index is 0.0239. The normalized spacial score (nSPS) is 15.1. The lowest BCUT2D eigenvalue weighted by Gasteiger charge is -2.15. The van der Waals surface area contributed by atoms with E-state index in [4.69, 9.17) is 14.5 Å². The van der Waals surface area contributed by atoms with Gasteiger partial charge in [-0.1, -0.05) is 42.5 Å². The van der Waals surface area contributed by atoms with Gasteiger partial charge in [0.1, 0.15) is 6.61 Å². The number of carbonyl (C=O) groups excluding carboxylic acids is 1. The number of thioether (sulfide) groups is 1. The second-order valence-electron chi connectivity index (χ2n) is 8.44. The number of ether oxygens (including phenoxy) is 2. The fourth-order valence-corrected chi connectivity index (χ4v) is 4.89. The van der Waals surface area contributed by atoms with E-state index in [0.29, 0.717) is 21.6 Å². The van der Waals surface area contributed by atoms with Crippen molar-refractivity contribution in [2.24, 2.45) is 4.99 Å². The SMILES string of the molecule is COc1cc(/C=C2\SC(=Nc3ccccc3)N(c3ccccc3)C2=O)ccc1OCc1ccc([N+](=O)[O-])cc1. The number of hydrogen-bond donors (Lipinski definition) is 0. The molecule has 1 fully saturated rings. The van der Waals surface area contributed by atoms with Crippen molar-refractivity contribution in [3.05, 3.63) is 129 Å². The number of hydrogen-bond acceptors (Lipinski definition) is 7. The van der Waals surface area contributed by atoms with Crippen molar-refractivity contribution in [1.29, 1.82) is 0 Å². The predicted molar refractivity (Wildman–Crippen MR) is 153 cm³/mol. The maximum absolute atomic E-state index is 13.5. The van der Waals surface area contributed by atoms with Crippen LogP contribution in [0.5, 0.6) is 11.5 Å². The quantitative estimate of drug-likeness (QED) is 0.137. The Balaban J connectivity index is 1.39. The van der Waals surface area contributed by atoms with Crippen LogP contribution in [0.4, 0.5) is 17.1 Å². The summed E-state index contributed by atoms with van der Waals surface area (Å²) in [6.07, 6.45) is 1.80. The third-order valence-electron chi connectivity index (χ3n) is 5.83. The maximum Gasteiger partial charge on any atom is 0.271 e. The first-order chi connectivity index (χ1) is 19.0. The van der Waals surface area contributed by atoms with Crippen LogP contribution >= 0.6 is 11.8 Å². The molecule has 8 nitrogen and oxygen atoms in total. The molecule has 194 valence electrons. The van der Waals surface area contributed by atoms with Gasteiger partial charge >= 0.3 is 0 Å². The monoisotopic (exact) mass is 537 g/mol. The van der Waals surface area contributed by atoms with Crippen molar-refractivity contribution < 1.29 is 19.2 Å². The third kappa shape index (κ3) is 6.00. The van der Waals surface area contributed by atoms with E-state index in [1.165, 1.54) is 23.9 Å². The van der Waals surface area contributed by atoms with Crippen molar-refractivity contribution in [2.75, 3.05) is 12.0 Å². The molecule has 5 rings (SSSR count). The molecule has 0 saturated carbocycles. The van der Waals surface area contributed by atoms with Crippen LogP contribution in [0.15, 0.2) is 113 Å². The minimum atomic E-state index is -0.441. The van der Waals surface area contributed by atoms with Gasteiger partial charge < -0.3 is 9.47 Å². The molecule has 0 aliphatic carbocycles. The van der Waals surface area contributed by atoms with Crippen LogP contribution in [-0.2, 0) is 11.4 Å². The number of methoxy groups -OCH3 is 1. The number of rotatable bonds is 8. The van der Waals surface area contributed by atoms with Gasteiger partial charge in [-0.15, -0.1) is 0 Å². The number of nitrogens with zero attached hydrogens (tertiary/aromatic N) is 3. The van der Waals surface area contributed by atoms with E-state index in [0.717, 1.165) is 22.5 Å². The molecule has 1 amide bonds. The average Bonchev–Trinajstić information content (AvgIpc) is 3.27. The summed E-state index contributed by atoms with van der Waals surface area (Å²) < 4.78 is 11.4. The van der Waals surface area contributed by atoms with E-state index in [2.05, 4.69) is 0 Å². The number of para-hydroxylation sites is 2. The number of nitro benzene ring substituents is 1. The second kappa shape index (κ2) is 11.7. The molecule has 4 aromatic rings. The van der Waals surface area contributed by atoms with Crippen molar-refractivity contribution in [3.8, 4) is 11.5 Å². The van der Waals surface area contributed by atoms with Gasteiger partial charge in [-0.05, 0) is 77.5 Å². The van der Waals surface area contributed by atoms with E-state index in [-0.39, 0.29) is 18.2 Å². The smallest absolute Gasteiger partial charge is 0.271 e. The predicted octanol–water partition coefficient (Wildman–Crippen LogP) is 6.99. The highest BCUT2D eigenvalue weighted by atomic mass is 32.2. The Bertz CT molecular complexity index is 1560. The Morgan fingerprint density at radius 1 is 0.923 bits per heavy atom. The highest BCUT2D eigenvalue weighted by Gasteiger charge is 2.34. The Morgan fingerprint density at radius 2 is 1.62 bits per heavy atom. The molecule has 0 N–H and O–H groups in total. The molecule has 9 heteroatoms. The third-order valence-corrected chi connectivity index (χ3v) is 6.80. The molecular formula is C30H23N3O5S. The number of aliphatic imine (C=N–C) groups is 1. The van der Waals surface area contributed by atoms with Gasteiger partial charge in [0.2, 0.25) is 0 Å². The van der Waals surface area contributed by atoms with E-state index in [1.807, 2.05) is 66.7 Å². The Kier molecular flexibility index (Phi) is 7.70. The fourth-order valence-electron chi connectivity index (χ4n) is 3.89. The van der Waals surface area contributed by atoms with E-state index < -0.39 is 4.92 Å². The first-order valence-corrected chi connectivity index (χ1v) is 12.8. The molecule has 4 aromatic carbocycles. The zero-order valence-electron chi connectivity index (χ0n) is 20.9. The standard InChI is InChI=1S/C30H23N3O5S/c1-37-27-18-22(14-17-26(27)38-20-21-12-15-25(16-13-21)33(35)36)19-28-29(34)32(24-10-6-3-7-11-24)30(39-28)31-23-8-4-2-5-9-23/h2-19H,20H2,1H3/b28-19-,31-30?. The van der Waals surface area contributed by atoms with E-state index in [1.54, 1.807) is 42.4 Å². The molecule has 1 heterocycles. The van der Waals surface area contributed by atoms with Gasteiger partial charge in [-0.25, -0.2) is 4.99 Å². The van der Waals surface area contributed by atoms with Gasteiger partial charge in [0.05, 0.1) is 28.3 Å². The van der Waals surface area contributed by atoms with Crippen LogP contribution in [0.25, 0.3) is 6.08 Å². The molecule has 1 aliphatic rings. The molecule has 0 spiro atoms. The lowest BCUT2D eigenvalue weighted by atomic mass is 10.1. The largest absolute Gasteiger partial charge is 0.493 e. The van der Waals surface area contributed by atoms with Crippen LogP contribution < -0.4 is 14.4 Å². The number of anilines is 1. The maximum atomic E-state index is 13.5. The van der Waals surface area contributed by atoms with Crippen molar-refractivity contribution in [3.63, 3.8) is 0 Å². The Hall–Kier alpha value is -4.89. The summed E-state index contributed by atoms with van der Waals surface area (Å²) in [6.45, 7) is 0.217. The van der Waals surface area contributed by atoms with Gasteiger partial charge in [-0.2, -0.15) is 0 Å². The van der Waals surface area contributed by atoms with Gasteiger partial charge in [0.15, 0.2) is 16.7 Å². The van der Waals surface area contributed by atoms with Crippen molar-refractivity contribution in [1.82, 2.24) is 0 Å². The van der Waals surface area contributed by atoms with Crippen LogP contribution in [0.2, 0.25) is 0 Å². The number of carbonyl (C=O) groups is 1. The molecule has 0 bridgehead atoms. The van der Waals surface area contributed by atoms with Crippen LogP contribution in [-0.4, -0.2) is 23.1 Å². The van der Waals surface area contributed by atoms with E-state index >= 15 is 0 Å². The number of amidine groups is 1. The summed E-state index contributed by atoms with van der Waals surface area (Å²) in [5.41, 5.74) is 3.06. The highest BCUT2D eigenvalue weighted by Crippen LogP contribution is 2.38. The summed E-state index contributed by atoms with van der Waals surface area (Å²) >= 11 is 1.31. The second-order valence-corrected chi connectivity index (χ2v) is 9.45. The zero-order valence-corrected chi connectivity index (χ0v) is 21.7. The van der Waals surface area contributed by atoms with Gasteiger partial charge in [0, 0.05) is 12.1 Å². The number of benzene rings is 4. The zero-order chi connectivity index (χ0) is 27.2. The summed E-state index contributed by atoms with van der Waals surface area (Å²) in [4.78, 5) is 30.8. The fraction of sp³-hybridized carbons (Fsp3) is 0.0667. The van der Waals surface area contributed by atoms with E-state index in [9.17, 15) is 14.9 Å². The first-order valence-electron chi connectivity index (χ1n) is 12.0. The molecule has 0 unspecified atom stereocenters. The number of nitro groups is 1. The molecular weight excluding hydrogens is 514 g/mol. The lowest BCUT2D eigenvalue weighted by molar-refractivity contribution is -0.384. The summed E-state index contributed by atoms with van der Waals surface area (Å²) in [5.74, 6) is 0.846. The van der Waals surface area contributed by atoms with Gasteiger partial charge in [0.25, 0.3) is 11.6 Å². The van der Waals surface area contributed by atoms with Crippen molar-refractivity contribution in [2.45, 2.75) is 6.61 Å². The summed E-state index contributed by atoms with van der Waals surface area (Å²) in [5, 5.41) is 11.4. The molecule has 1 saturated heterocycles. The minimum Gasteiger partial charge on any atom is -0.493 e. The topological polar surface area (TPSA) is 94.3 Å². The summed E-state index contributed by atoms with van der Waals surface area (Å²) in [6, 6.07) is 30.5. The lowest BCUT2D eigenvalue weighted by Crippen LogP contribution is -2.28. The highest BCUT2D eigenvalue weighted by molar-refractivity contribution is 8.19. The molecule has 0 atom stereocenters. The first kappa shape index (κ1) is 25.7. The summed E-state index contributed by atoms with van der Waals surface area (Å²) in [7, 11) is 1.54. The molecule has 0 aromatic heterocycles. The molecule has 0 radical (unpaired) electrons. The molecule has 39 heavy (non-hydrogen) atoms.